The second-order valence-corrected chi connectivity index (χ2v) is 6.26. The normalized spacial score (nSPS) is 10.1. The van der Waals surface area contributed by atoms with Crippen LogP contribution >= 0.6 is 31.9 Å². The number of ether oxygens (including phenoxy) is 2. The molecule has 2 aromatic rings. The van der Waals surface area contributed by atoms with Gasteiger partial charge in [0.15, 0.2) is 6.61 Å². The van der Waals surface area contributed by atoms with Crippen LogP contribution in [-0.2, 0) is 11.3 Å². The molecular weight excluding hydrogens is 414 g/mol. The van der Waals surface area contributed by atoms with Crippen LogP contribution in [0.1, 0.15) is 5.56 Å². The van der Waals surface area contributed by atoms with Crippen molar-refractivity contribution in [1.29, 1.82) is 0 Å². The molecule has 2 aromatic carbocycles. The second-order valence-electron chi connectivity index (χ2n) is 4.49. The first kappa shape index (κ1) is 16.8. The lowest BCUT2D eigenvalue weighted by molar-refractivity contribution is -0.123. The van der Waals surface area contributed by atoms with Gasteiger partial charge in [0.25, 0.3) is 5.91 Å². The van der Waals surface area contributed by atoms with Crippen molar-refractivity contribution in [3.05, 3.63) is 57.0 Å². The first-order valence-electron chi connectivity index (χ1n) is 6.56. The summed E-state index contributed by atoms with van der Waals surface area (Å²) in [5, 5.41) is 2.81. The van der Waals surface area contributed by atoms with Gasteiger partial charge in [0.05, 0.1) is 11.6 Å². The Balaban J connectivity index is 1.80. The Hall–Kier alpha value is -1.53. The van der Waals surface area contributed by atoms with Crippen molar-refractivity contribution in [3.8, 4) is 11.5 Å². The van der Waals surface area contributed by atoms with E-state index < -0.39 is 0 Å². The van der Waals surface area contributed by atoms with E-state index in [9.17, 15) is 4.79 Å². The van der Waals surface area contributed by atoms with Crippen molar-refractivity contribution >= 4 is 37.8 Å². The van der Waals surface area contributed by atoms with Crippen LogP contribution in [-0.4, -0.2) is 19.6 Å². The summed E-state index contributed by atoms with van der Waals surface area (Å²) in [6.45, 7) is 0.421. The molecule has 4 nitrogen and oxygen atoms in total. The van der Waals surface area contributed by atoms with Crippen molar-refractivity contribution < 1.29 is 14.3 Å². The molecule has 1 N–H and O–H groups in total. The van der Waals surface area contributed by atoms with Gasteiger partial charge in [-0.25, -0.2) is 0 Å². The zero-order valence-electron chi connectivity index (χ0n) is 11.9. The number of hydrogen-bond donors (Lipinski definition) is 1. The van der Waals surface area contributed by atoms with E-state index >= 15 is 0 Å². The van der Waals surface area contributed by atoms with Gasteiger partial charge in [-0.2, -0.15) is 0 Å². The molecule has 0 aromatic heterocycles. The Kier molecular flexibility index (Phi) is 6.27. The summed E-state index contributed by atoms with van der Waals surface area (Å²) < 4.78 is 12.3. The molecule has 2 rings (SSSR count). The molecule has 116 valence electrons. The van der Waals surface area contributed by atoms with Crippen LogP contribution in [0.4, 0.5) is 0 Å². The van der Waals surface area contributed by atoms with Crippen molar-refractivity contribution in [2.75, 3.05) is 13.7 Å². The summed E-state index contributed by atoms with van der Waals surface area (Å²) >= 11 is 6.75. The van der Waals surface area contributed by atoms with E-state index in [0.29, 0.717) is 12.3 Å². The van der Waals surface area contributed by atoms with Gasteiger partial charge < -0.3 is 14.8 Å². The van der Waals surface area contributed by atoms with Crippen LogP contribution in [0.5, 0.6) is 11.5 Å². The van der Waals surface area contributed by atoms with Gasteiger partial charge in [0, 0.05) is 11.0 Å². The van der Waals surface area contributed by atoms with Gasteiger partial charge in [0.2, 0.25) is 0 Å². The minimum Gasteiger partial charge on any atom is -0.497 e. The Morgan fingerprint density at radius 2 is 1.86 bits per heavy atom. The molecule has 0 saturated carbocycles. The Morgan fingerprint density at radius 3 is 2.50 bits per heavy atom. The van der Waals surface area contributed by atoms with E-state index in [1.54, 1.807) is 13.2 Å². The Labute approximate surface area is 146 Å². The zero-order valence-corrected chi connectivity index (χ0v) is 15.1. The third-order valence-corrected chi connectivity index (χ3v) is 4.01. The van der Waals surface area contributed by atoms with Crippen LogP contribution in [0.15, 0.2) is 51.4 Å². The van der Waals surface area contributed by atoms with Crippen molar-refractivity contribution in [1.82, 2.24) is 5.32 Å². The molecule has 0 saturated heterocycles. The van der Waals surface area contributed by atoms with Crippen LogP contribution in [0.25, 0.3) is 0 Å². The van der Waals surface area contributed by atoms with Crippen LogP contribution < -0.4 is 14.8 Å². The van der Waals surface area contributed by atoms with E-state index in [1.807, 2.05) is 36.4 Å². The van der Waals surface area contributed by atoms with Crippen molar-refractivity contribution in [2.24, 2.45) is 0 Å². The summed E-state index contributed by atoms with van der Waals surface area (Å²) in [5.41, 5.74) is 0.999. The monoisotopic (exact) mass is 427 g/mol. The maximum Gasteiger partial charge on any atom is 0.258 e. The van der Waals surface area contributed by atoms with Gasteiger partial charge in [0.1, 0.15) is 11.5 Å². The minimum absolute atomic E-state index is 0.0314. The molecule has 0 aliphatic rings. The lowest BCUT2D eigenvalue weighted by atomic mass is 10.2. The first-order chi connectivity index (χ1) is 10.6. The molecule has 0 aliphatic carbocycles. The van der Waals surface area contributed by atoms with Gasteiger partial charge >= 0.3 is 0 Å². The molecule has 22 heavy (non-hydrogen) atoms. The molecule has 0 atom stereocenters. The molecule has 0 spiro atoms. The zero-order chi connectivity index (χ0) is 15.9. The van der Waals surface area contributed by atoms with Crippen molar-refractivity contribution in [3.63, 3.8) is 0 Å². The number of methoxy groups -OCH3 is 1. The first-order valence-corrected chi connectivity index (χ1v) is 8.14. The standard InChI is InChI=1S/C16H15Br2NO3/c1-21-13-5-2-11(3-6-13)9-19-16(20)10-22-15-7-4-12(17)8-14(15)18/h2-8H,9-10H2,1H3,(H,19,20). The minimum atomic E-state index is -0.175. The number of carbonyl (C=O) groups is 1. The molecule has 1 amide bonds. The average molecular weight is 429 g/mol. The summed E-state index contributed by atoms with van der Waals surface area (Å²) in [7, 11) is 1.62. The van der Waals surface area contributed by atoms with Crippen LogP contribution in [0.3, 0.4) is 0 Å². The molecule has 0 heterocycles. The summed E-state index contributed by atoms with van der Waals surface area (Å²) in [4.78, 5) is 11.8. The number of amides is 1. The number of benzene rings is 2. The molecule has 0 bridgehead atoms. The number of carbonyl (C=O) groups excluding carboxylic acids is 1. The van der Waals surface area contributed by atoms with Gasteiger partial charge in [-0.3, -0.25) is 4.79 Å². The van der Waals surface area contributed by atoms with E-state index in [-0.39, 0.29) is 12.5 Å². The molecule has 0 fully saturated rings. The van der Waals surface area contributed by atoms with Gasteiger partial charge in [-0.15, -0.1) is 0 Å². The lowest BCUT2D eigenvalue weighted by Gasteiger charge is -2.09. The van der Waals surface area contributed by atoms with Gasteiger partial charge in [-0.05, 0) is 51.8 Å². The largest absolute Gasteiger partial charge is 0.497 e. The third kappa shape index (κ3) is 5.03. The molecule has 0 radical (unpaired) electrons. The molecule has 6 heteroatoms. The summed E-state index contributed by atoms with van der Waals surface area (Å²) in [5.74, 6) is 1.24. The smallest absolute Gasteiger partial charge is 0.258 e. The average Bonchev–Trinajstić information content (AvgIpc) is 2.52. The van der Waals surface area contributed by atoms with E-state index in [0.717, 1.165) is 20.3 Å². The second kappa shape index (κ2) is 8.19. The lowest BCUT2D eigenvalue weighted by Crippen LogP contribution is -2.28. The van der Waals surface area contributed by atoms with Crippen LogP contribution in [0, 0.1) is 0 Å². The van der Waals surface area contributed by atoms with E-state index in [4.69, 9.17) is 9.47 Å². The highest BCUT2D eigenvalue weighted by molar-refractivity contribution is 9.11. The third-order valence-electron chi connectivity index (χ3n) is 2.90. The highest BCUT2D eigenvalue weighted by Crippen LogP contribution is 2.28. The molecule has 0 aliphatic heterocycles. The fourth-order valence-electron chi connectivity index (χ4n) is 1.73. The molecular formula is C16H15Br2NO3. The van der Waals surface area contributed by atoms with Crippen molar-refractivity contribution in [2.45, 2.75) is 6.54 Å². The molecule has 0 unspecified atom stereocenters. The SMILES string of the molecule is COc1ccc(CNC(=O)COc2ccc(Br)cc2Br)cc1. The highest BCUT2D eigenvalue weighted by atomic mass is 79.9. The Bertz CT molecular complexity index is 644. The van der Waals surface area contributed by atoms with Crippen LogP contribution in [0.2, 0.25) is 0 Å². The maximum atomic E-state index is 11.8. The fraction of sp³-hybridized carbons (Fsp3) is 0.188. The maximum absolute atomic E-state index is 11.8. The summed E-state index contributed by atoms with van der Waals surface area (Å²) in [6, 6.07) is 13.1. The summed E-state index contributed by atoms with van der Waals surface area (Å²) in [6.07, 6.45) is 0. The highest BCUT2D eigenvalue weighted by Gasteiger charge is 2.06. The quantitative estimate of drug-likeness (QED) is 0.758. The van der Waals surface area contributed by atoms with E-state index in [2.05, 4.69) is 37.2 Å². The fourth-order valence-corrected chi connectivity index (χ4v) is 2.89. The van der Waals surface area contributed by atoms with E-state index in [1.165, 1.54) is 0 Å². The predicted molar refractivity (Wildman–Crippen MR) is 92.2 cm³/mol. The number of hydrogen-bond acceptors (Lipinski definition) is 3. The number of halogens is 2. The van der Waals surface area contributed by atoms with Gasteiger partial charge in [-0.1, -0.05) is 28.1 Å². The predicted octanol–water partition coefficient (Wildman–Crippen LogP) is 3.92. The number of nitrogens with one attached hydrogen (secondary N) is 1. The Morgan fingerprint density at radius 1 is 1.14 bits per heavy atom. The topological polar surface area (TPSA) is 47.6 Å². The number of rotatable bonds is 6.